The molecular formula is C18H22F2N4O2. The topological polar surface area (TPSA) is 67.3 Å². The van der Waals surface area contributed by atoms with Gasteiger partial charge in [0, 0.05) is 25.2 Å². The van der Waals surface area contributed by atoms with Crippen molar-refractivity contribution in [3.63, 3.8) is 0 Å². The lowest BCUT2D eigenvalue weighted by atomic mass is 10.2. The first-order valence-electron chi connectivity index (χ1n) is 8.58. The number of ether oxygens (including phenoxy) is 1. The highest BCUT2D eigenvalue weighted by Gasteiger charge is 2.32. The molecule has 26 heavy (non-hydrogen) atoms. The highest BCUT2D eigenvalue weighted by atomic mass is 19.2. The molecule has 2 heterocycles. The quantitative estimate of drug-likeness (QED) is 0.899. The zero-order chi connectivity index (χ0) is 18.9. The van der Waals surface area contributed by atoms with Crippen LogP contribution in [0.3, 0.4) is 0 Å². The molecule has 1 N–H and O–H groups in total. The Labute approximate surface area is 150 Å². The van der Waals surface area contributed by atoms with Gasteiger partial charge in [0.2, 0.25) is 0 Å². The number of rotatable bonds is 3. The summed E-state index contributed by atoms with van der Waals surface area (Å²) in [4.78, 5) is 22.4. The van der Waals surface area contributed by atoms with Crippen LogP contribution in [-0.2, 0) is 4.74 Å². The minimum atomic E-state index is -0.962. The summed E-state index contributed by atoms with van der Waals surface area (Å²) in [5, 5.41) is 3.12. The second-order valence-electron chi connectivity index (χ2n) is 7.36. The predicted molar refractivity (Wildman–Crippen MR) is 93.9 cm³/mol. The molecule has 1 aromatic carbocycles. The van der Waals surface area contributed by atoms with E-state index >= 15 is 0 Å². The van der Waals surface area contributed by atoms with Crippen molar-refractivity contribution in [2.24, 2.45) is 0 Å². The molecule has 1 fully saturated rings. The van der Waals surface area contributed by atoms with Crippen molar-refractivity contribution in [3.05, 3.63) is 30.0 Å². The van der Waals surface area contributed by atoms with Crippen LogP contribution in [-0.4, -0.2) is 45.7 Å². The third-order valence-electron chi connectivity index (χ3n) is 4.11. The van der Waals surface area contributed by atoms with Crippen LogP contribution in [0.25, 0.3) is 11.0 Å². The van der Waals surface area contributed by atoms with Crippen molar-refractivity contribution in [1.29, 1.82) is 0 Å². The number of anilines is 1. The van der Waals surface area contributed by atoms with Gasteiger partial charge in [-0.15, -0.1) is 0 Å². The molecule has 1 aliphatic heterocycles. The molecule has 0 saturated carbocycles. The smallest absolute Gasteiger partial charge is 0.410 e. The van der Waals surface area contributed by atoms with Crippen LogP contribution in [0.4, 0.5) is 19.4 Å². The number of amides is 1. The lowest BCUT2D eigenvalue weighted by Gasteiger charge is -2.28. The van der Waals surface area contributed by atoms with Crippen molar-refractivity contribution in [3.8, 4) is 0 Å². The van der Waals surface area contributed by atoms with Crippen LogP contribution in [0.5, 0.6) is 0 Å². The summed E-state index contributed by atoms with van der Waals surface area (Å²) >= 11 is 0. The lowest BCUT2D eigenvalue weighted by Crippen LogP contribution is -2.42. The number of fused-ring (bicyclic) bond motifs is 1. The third-order valence-corrected chi connectivity index (χ3v) is 4.11. The van der Waals surface area contributed by atoms with Crippen LogP contribution in [0, 0.1) is 11.6 Å². The molecule has 6 nitrogen and oxygen atoms in total. The molecule has 1 atom stereocenters. The number of halogens is 2. The average molecular weight is 364 g/mol. The van der Waals surface area contributed by atoms with Gasteiger partial charge in [0.1, 0.15) is 11.4 Å². The molecule has 0 radical (unpaired) electrons. The van der Waals surface area contributed by atoms with E-state index in [1.807, 2.05) is 20.8 Å². The highest BCUT2D eigenvalue weighted by molar-refractivity contribution is 5.75. The summed E-state index contributed by atoms with van der Waals surface area (Å²) in [6.45, 7) is 6.63. The molecule has 140 valence electrons. The molecule has 0 aliphatic carbocycles. The van der Waals surface area contributed by atoms with Gasteiger partial charge >= 0.3 is 6.09 Å². The van der Waals surface area contributed by atoms with Crippen molar-refractivity contribution < 1.29 is 18.3 Å². The monoisotopic (exact) mass is 364 g/mol. The van der Waals surface area contributed by atoms with Gasteiger partial charge in [-0.2, -0.15) is 0 Å². The molecule has 0 spiro atoms. The van der Waals surface area contributed by atoms with Crippen LogP contribution >= 0.6 is 0 Å². The van der Waals surface area contributed by atoms with Gasteiger partial charge in [-0.1, -0.05) is 0 Å². The second-order valence-corrected chi connectivity index (χ2v) is 7.36. The first kappa shape index (κ1) is 18.3. The van der Waals surface area contributed by atoms with E-state index in [-0.39, 0.29) is 23.2 Å². The van der Waals surface area contributed by atoms with Crippen molar-refractivity contribution in [2.75, 3.05) is 18.4 Å². The zero-order valence-electron chi connectivity index (χ0n) is 15.1. The van der Waals surface area contributed by atoms with Gasteiger partial charge in [-0.3, -0.25) is 4.98 Å². The maximum atomic E-state index is 13.4. The molecule has 1 aliphatic rings. The van der Waals surface area contributed by atoms with Crippen LogP contribution in [0.1, 0.15) is 33.6 Å². The number of carbonyl (C=O) groups is 1. The molecule has 0 unspecified atom stereocenters. The summed E-state index contributed by atoms with van der Waals surface area (Å²) < 4.78 is 32.0. The number of hydrogen-bond donors (Lipinski definition) is 1. The maximum absolute atomic E-state index is 13.4. The summed E-state index contributed by atoms with van der Waals surface area (Å²) in [5.74, 6) is -1.47. The Balaban J connectivity index is 1.67. The average Bonchev–Trinajstić information content (AvgIpc) is 3.01. The van der Waals surface area contributed by atoms with Crippen LogP contribution in [0.2, 0.25) is 0 Å². The Kier molecular flexibility index (Phi) is 4.93. The van der Waals surface area contributed by atoms with E-state index in [9.17, 15) is 13.6 Å². The van der Waals surface area contributed by atoms with E-state index in [0.717, 1.165) is 25.0 Å². The Morgan fingerprint density at radius 1 is 1.31 bits per heavy atom. The van der Waals surface area contributed by atoms with E-state index < -0.39 is 17.2 Å². The zero-order valence-corrected chi connectivity index (χ0v) is 15.1. The number of aromatic nitrogens is 2. The van der Waals surface area contributed by atoms with Gasteiger partial charge in [-0.05, 0) is 33.6 Å². The van der Waals surface area contributed by atoms with Crippen molar-refractivity contribution in [2.45, 2.75) is 45.3 Å². The number of carbonyl (C=O) groups excluding carboxylic acids is 1. The number of hydrogen-bond acceptors (Lipinski definition) is 5. The third kappa shape index (κ3) is 4.17. The van der Waals surface area contributed by atoms with E-state index in [0.29, 0.717) is 18.9 Å². The van der Waals surface area contributed by atoms with E-state index in [4.69, 9.17) is 4.74 Å². The fraction of sp³-hybridized carbons (Fsp3) is 0.500. The Hall–Kier alpha value is -2.51. The Morgan fingerprint density at radius 2 is 2.00 bits per heavy atom. The SMILES string of the molecule is CC(C)(C)OC(=O)N1CCC[C@H]1CNc1cnc2cc(F)c(F)cc2n1. The summed E-state index contributed by atoms with van der Waals surface area (Å²) in [6.07, 6.45) is 2.89. The molecule has 8 heteroatoms. The van der Waals surface area contributed by atoms with E-state index in [1.54, 1.807) is 4.90 Å². The highest BCUT2D eigenvalue weighted by Crippen LogP contribution is 2.22. The number of benzene rings is 1. The number of nitrogens with one attached hydrogen (secondary N) is 1. The molecule has 2 aromatic rings. The first-order chi connectivity index (χ1) is 12.2. The summed E-state index contributed by atoms with van der Waals surface area (Å²) in [7, 11) is 0. The summed E-state index contributed by atoms with van der Waals surface area (Å²) in [5.41, 5.74) is 0.0101. The molecule has 1 saturated heterocycles. The first-order valence-corrected chi connectivity index (χ1v) is 8.58. The maximum Gasteiger partial charge on any atom is 0.410 e. The van der Waals surface area contributed by atoms with Crippen LogP contribution in [0.15, 0.2) is 18.3 Å². The molecular weight excluding hydrogens is 342 g/mol. The van der Waals surface area contributed by atoms with Crippen molar-refractivity contribution in [1.82, 2.24) is 14.9 Å². The van der Waals surface area contributed by atoms with Gasteiger partial charge in [0.25, 0.3) is 0 Å². The van der Waals surface area contributed by atoms with Gasteiger partial charge < -0.3 is 15.0 Å². The van der Waals surface area contributed by atoms with Gasteiger partial charge in [0.15, 0.2) is 11.6 Å². The van der Waals surface area contributed by atoms with Gasteiger partial charge in [-0.25, -0.2) is 18.6 Å². The summed E-state index contributed by atoms with van der Waals surface area (Å²) in [6, 6.07) is 2.01. The number of nitrogens with zero attached hydrogens (tertiary/aromatic N) is 3. The molecule has 1 aromatic heterocycles. The molecule has 1 amide bonds. The van der Waals surface area contributed by atoms with Crippen LogP contribution < -0.4 is 5.32 Å². The largest absolute Gasteiger partial charge is 0.444 e. The standard InChI is InChI=1S/C18H22F2N4O2/c1-18(2,3)26-17(25)24-6-4-5-11(24)9-22-16-10-21-14-7-12(19)13(20)8-15(14)23-16/h7-8,10-11H,4-6,9H2,1-3H3,(H,22,23)/t11-/m0/s1. The minimum Gasteiger partial charge on any atom is -0.444 e. The fourth-order valence-electron chi connectivity index (χ4n) is 2.92. The fourth-order valence-corrected chi connectivity index (χ4v) is 2.92. The molecule has 0 bridgehead atoms. The lowest BCUT2D eigenvalue weighted by molar-refractivity contribution is 0.0235. The Morgan fingerprint density at radius 3 is 2.69 bits per heavy atom. The van der Waals surface area contributed by atoms with E-state index in [2.05, 4.69) is 15.3 Å². The Bertz CT molecular complexity index is 823. The van der Waals surface area contributed by atoms with E-state index in [1.165, 1.54) is 6.20 Å². The van der Waals surface area contributed by atoms with Crippen molar-refractivity contribution >= 4 is 22.9 Å². The predicted octanol–water partition coefficient (Wildman–Crippen LogP) is 3.72. The molecule has 3 rings (SSSR count). The van der Waals surface area contributed by atoms with Gasteiger partial charge in [0.05, 0.1) is 23.3 Å². The normalized spacial score (nSPS) is 17.6. The number of likely N-dealkylation sites (tertiary alicyclic amines) is 1. The minimum absolute atomic E-state index is 0.0210. The second kappa shape index (κ2) is 7.01.